The van der Waals surface area contributed by atoms with Crippen molar-refractivity contribution in [3.63, 3.8) is 0 Å². The predicted octanol–water partition coefficient (Wildman–Crippen LogP) is 8.35. The second-order valence-electron chi connectivity index (χ2n) is 11.0. The van der Waals surface area contributed by atoms with Crippen molar-refractivity contribution in [2.24, 2.45) is 0 Å². The van der Waals surface area contributed by atoms with Crippen molar-refractivity contribution in [1.82, 2.24) is 0 Å². The molecule has 0 amide bonds. The minimum atomic E-state index is -1.68. The molecule has 6 rings (SSSR count). The van der Waals surface area contributed by atoms with Gasteiger partial charge in [0.15, 0.2) is 0 Å². The van der Waals surface area contributed by atoms with Crippen LogP contribution in [0.5, 0.6) is 0 Å². The van der Waals surface area contributed by atoms with Crippen LogP contribution in [0.1, 0.15) is 0 Å². The zero-order valence-corrected chi connectivity index (χ0v) is 25.5. The summed E-state index contributed by atoms with van der Waals surface area (Å²) in [5.74, 6) is 2.58. The van der Waals surface area contributed by atoms with Crippen LogP contribution in [-0.4, -0.2) is 19.6 Å². The third-order valence-corrected chi connectivity index (χ3v) is 20.6. The first kappa shape index (κ1) is 26.2. The maximum Gasteiger partial charge on any atom is 0.0572 e. The Morgan fingerprint density at radius 1 is 0.410 bits per heavy atom. The molecule has 0 aliphatic heterocycles. The zero-order chi connectivity index (χ0) is 26.7. The molecular formula is C36H34P2Si. The lowest BCUT2D eigenvalue weighted by molar-refractivity contribution is 1.61. The summed E-state index contributed by atoms with van der Waals surface area (Å²) >= 11 is 0. The summed E-state index contributed by atoms with van der Waals surface area (Å²) in [6.45, 7) is 5.28. The van der Waals surface area contributed by atoms with Crippen LogP contribution in [0.4, 0.5) is 0 Å². The van der Waals surface area contributed by atoms with Crippen LogP contribution in [0.3, 0.4) is 0 Å². The molecule has 0 saturated heterocycles. The summed E-state index contributed by atoms with van der Waals surface area (Å²) < 4.78 is 0. The van der Waals surface area contributed by atoms with Gasteiger partial charge < -0.3 is 0 Å². The van der Waals surface area contributed by atoms with Gasteiger partial charge in [0.2, 0.25) is 0 Å². The fourth-order valence-electron chi connectivity index (χ4n) is 5.64. The van der Waals surface area contributed by atoms with Crippen LogP contribution in [0.15, 0.2) is 146 Å². The van der Waals surface area contributed by atoms with Gasteiger partial charge in [-0.2, -0.15) is 0 Å². The van der Waals surface area contributed by atoms with E-state index < -0.39 is 23.9 Å². The normalized spacial score (nSPS) is 13.4. The maximum atomic E-state index is 2.64. The number of fused-ring (bicyclic) bond motifs is 2. The molecule has 0 N–H and O–H groups in total. The summed E-state index contributed by atoms with van der Waals surface area (Å²) in [6, 6.07) is 54.4. The Balaban J connectivity index is 1.42. The number of benzene rings is 6. The van der Waals surface area contributed by atoms with Gasteiger partial charge in [0.25, 0.3) is 0 Å². The predicted molar refractivity (Wildman–Crippen MR) is 180 cm³/mol. The number of hydrogen-bond donors (Lipinski definition) is 0. The zero-order valence-electron chi connectivity index (χ0n) is 22.7. The molecule has 0 aliphatic rings. The van der Waals surface area contributed by atoms with Gasteiger partial charge >= 0.3 is 0 Å². The lowest BCUT2D eigenvalue weighted by Crippen LogP contribution is -2.40. The Kier molecular flexibility index (Phi) is 7.76. The van der Waals surface area contributed by atoms with Gasteiger partial charge in [-0.15, -0.1) is 0 Å². The standard InChI is InChI=1S/C36H34P2Si/c1-39(2,27-37(31-19-5-3-6-20-31)35-25-13-17-29-15-9-11-23-33(29)35)28-38(32-21-7-4-8-22-32)36-26-14-18-30-16-10-12-24-34(30)36/h3-26H,27-28H2,1-2H3/t37-,38-/m0/s1. The van der Waals surface area contributed by atoms with Gasteiger partial charge in [-0.3, -0.25) is 0 Å². The lowest BCUT2D eigenvalue weighted by atomic mass is 10.1. The summed E-state index contributed by atoms with van der Waals surface area (Å²) in [5, 5.41) is 11.6. The smallest absolute Gasteiger partial charge is 0.0572 e. The Morgan fingerprint density at radius 2 is 0.769 bits per heavy atom. The molecule has 192 valence electrons. The molecule has 0 aromatic heterocycles. The SMILES string of the molecule is C[Si](C)(C[P@@](c1ccccc1)c1cccc2ccccc12)C[P@@](c1ccccc1)c1cccc2ccccc12. The molecule has 0 radical (unpaired) electrons. The van der Waals surface area contributed by atoms with Gasteiger partial charge in [-0.1, -0.05) is 159 Å². The molecule has 0 heterocycles. The van der Waals surface area contributed by atoms with Crippen LogP contribution >= 0.6 is 15.8 Å². The molecular weight excluding hydrogens is 522 g/mol. The van der Waals surface area contributed by atoms with E-state index in [-0.39, 0.29) is 0 Å². The molecule has 0 fully saturated rings. The highest BCUT2D eigenvalue weighted by Crippen LogP contribution is 2.44. The average Bonchev–Trinajstić information content (AvgIpc) is 2.99. The first-order chi connectivity index (χ1) is 19.1. The quantitative estimate of drug-likeness (QED) is 0.131. The van der Waals surface area contributed by atoms with E-state index in [2.05, 4.69) is 159 Å². The largest absolute Gasteiger partial charge is 0.0688 e. The third kappa shape index (κ3) is 5.78. The Labute approximate surface area is 236 Å². The third-order valence-electron chi connectivity index (χ3n) is 7.42. The number of hydrogen-bond acceptors (Lipinski definition) is 0. The molecule has 0 nitrogen and oxygen atoms in total. The van der Waals surface area contributed by atoms with Crippen molar-refractivity contribution in [2.45, 2.75) is 13.1 Å². The van der Waals surface area contributed by atoms with Gasteiger partial charge in [0.05, 0.1) is 8.07 Å². The van der Waals surface area contributed by atoms with Crippen LogP contribution < -0.4 is 21.2 Å². The molecule has 3 heteroatoms. The minimum absolute atomic E-state index is 0.470. The number of rotatable bonds is 8. The molecule has 0 aliphatic carbocycles. The van der Waals surface area contributed by atoms with Crippen molar-refractivity contribution >= 4 is 66.7 Å². The van der Waals surface area contributed by atoms with E-state index in [0.717, 1.165) is 0 Å². The average molecular weight is 557 g/mol. The fourth-order valence-corrected chi connectivity index (χ4v) is 19.8. The molecule has 0 saturated carbocycles. The van der Waals surface area contributed by atoms with Crippen LogP contribution in [0.25, 0.3) is 21.5 Å². The van der Waals surface area contributed by atoms with E-state index in [0.29, 0.717) is 0 Å². The second kappa shape index (κ2) is 11.6. The first-order valence-electron chi connectivity index (χ1n) is 13.7. The van der Waals surface area contributed by atoms with Gasteiger partial charge in [0, 0.05) is 0 Å². The van der Waals surface area contributed by atoms with Crippen molar-refractivity contribution in [2.75, 3.05) is 11.6 Å². The molecule has 0 bridgehead atoms. The highest BCUT2D eigenvalue weighted by molar-refractivity contribution is 7.78. The van der Waals surface area contributed by atoms with Crippen LogP contribution in [0.2, 0.25) is 13.1 Å². The molecule has 0 spiro atoms. The maximum absolute atomic E-state index is 2.64. The second-order valence-corrected chi connectivity index (χ2v) is 21.6. The van der Waals surface area contributed by atoms with Gasteiger partial charge in [-0.05, 0) is 70.2 Å². The van der Waals surface area contributed by atoms with Crippen molar-refractivity contribution in [3.05, 3.63) is 146 Å². The minimum Gasteiger partial charge on any atom is -0.0688 e. The summed E-state index contributed by atoms with van der Waals surface area (Å²) in [4.78, 5) is 0. The van der Waals surface area contributed by atoms with Gasteiger partial charge in [-0.25, -0.2) is 0 Å². The molecule has 0 unspecified atom stereocenters. The summed E-state index contributed by atoms with van der Waals surface area (Å²) in [5.41, 5.74) is 0. The van der Waals surface area contributed by atoms with E-state index in [4.69, 9.17) is 0 Å². The Morgan fingerprint density at radius 3 is 1.21 bits per heavy atom. The molecule has 2 atom stereocenters. The van der Waals surface area contributed by atoms with E-state index in [1.54, 1.807) is 0 Å². The lowest BCUT2D eigenvalue weighted by Gasteiger charge is -2.34. The first-order valence-corrected chi connectivity index (χ1v) is 20.2. The van der Waals surface area contributed by atoms with Crippen molar-refractivity contribution in [3.8, 4) is 0 Å². The van der Waals surface area contributed by atoms with E-state index >= 15 is 0 Å². The Hall–Kier alpha value is -3.08. The van der Waals surface area contributed by atoms with E-state index in [1.807, 2.05) is 0 Å². The monoisotopic (exact) mass is 556 g/mol. The van der Waals surface area contributed by atoms with Crippen molar-refractivity contribution < 1.29 is 0 Å². The molecule has 39 heavy (non-hydrogen) atoms. The highest BCUT2D eigenvalue weighted by atomic mass is 31.1. The summed E-state index contributed by atoms with van der Waals surface area (Å²) in [7, 11) is -2.62. The van der Waals surface area contributed by atoms with Crippen molar-refractivity contribution in [1.29, 1.82) is 0 Å². The topological polar surface area (TPSA) is 0 Å². The summed E-state index contributed by atoms with van der Waals surface area (Å²) in [6.07, 6.45) is 0. The molecule has 6 aromatic carbocycles. The van der Waals surface area contributed by atoms with E-state index in [9.17, 15) is 0 Å². The highest BCUT2D eigenvalue weighted by Gasteiger charge is 2.32. The molecule has 6 aromatic rings. The van der Waals surface area contributed by atoms with E-state index in [1.165, 1.54) is 54.3 Å². The van der Waals surface area contributed by atoms with Gasteiger partial charge in [0.1, 0.15) is 0 Å². The van der Waals surface area contributed by atoms with Crippen LogP contribution in [0, 0.1) is 0 Å². The van der Waals surface area contributed by atoms with Crippen LogP contribution in [-0.2, 0) is 0 Å². The Bertz CT molecular complexity index is 1560. The fraction of sp³-hybridized carbons (Fsp3) is 0.111.